The summed E-state index contributed by atoms with van der Waals surface area (Å²) in [6, 6.07) is 4.37. The molecule has 19 heavy (non-hydrogen) atoms. The lowest BCUT2D eigenvalue weighted by molar-refractivity contribution is 0.358. The first kappa shape index (κ1) is 13.0. The van der Waals surface area contributed by atoms with E-state index in [4.69, 9.17) is 4.99 Å². The second-order valence-electron chi connectivity index (χ2n) is 5.77. The maximum absolute atomic E-state index is 4.78. The Hall–Kier alpha value is -1.03. The molecule has 0 amide bonds. The van der Waals surface area contributed by atoms with Crippen LogP contribution in [0.2, 0.25) is 0 Å². The van der Waals surface area contributed by atoms with Gasteiger partial charge in [-0.3, -0.25) is 9.98 Å². The fourth-order valence-electron chi connectivity index (χ4n) is 2.97. The number of thioether (sulfide) groups is 1. The van der Waals surface area contributed by atoms with Gasteiger partial charge in [0.25, 0.3) is 0 Å². The van der Waals surface area contributed by atoms with E-state index in [-0.39, 0.29) is 6.04 Å². The van der Waals surface area contributed by atoms with Crippen molar-refractivity contribution in [2.75, 3.05) is 12.3 Å². The van der Waals surface area contributed by atoms with Gasteiger partial charge in [-0.05, 0) is 36.8 Å². The van der Waals surface area contributed by atoms with Gasteiger partial charge in [0, 0.05) is 24.7 Å². The van der Waals surface area contributed by atoms with Crippen LogP contribution in [-0.4, -0.2) is 22.4 Å². The van der Waals surface area contributed by atoms with E-state index in [1.165, 1.54) is 37.0 Å². The van der Waals surface area contributed by atoms with E-state index in [2.05, 4.69) is 23.3 Å². The SMILES string of the molecule is CC(NC1=NCC2(CCCC2)CS1)c1cccnc1. The Labute approximate surface area is 119 Å². The number of amidine groups is 1. The highest BCUT2D eigenvalue weighted by molar-refractivity contribution is 8.13. The van der Waals surface area contributed by atoms with Crippen LogP contribution in [0.25, 0.3) is 0 Å². The topological polar surface area (TPSA) is 37.3 Å². The Kier molecular flexibility index (Phi) is 3.78. The van der Waals surface area contributed by atoms with Crippen LogP contribution in [0.3, 0.4) is 0 Å². The zero-order valence-corrected chi connectivity index (χ0v) is 12.2. The van der Waals surface area contributed by atoms with Gasteiger partial charge < -0.3 is 5.32 Å². The van der Waals surface area contributed by atoms with Crippen molar-refractivity contribution in [3.8, 4) is 0 Å². The Balaban J connectivity index is 1.61. The molecule has 0 aromatic carbocycles. The van der Waals surface area contributed by atoms with E-state index in [0.29, 0.717) is 5.41 Å². The highest BCUT2D eigenvalue weighted by atomic mass is 32.2. The molecule has 1 aliphatic heterocycles. The first-order valence-corrected chi connectivity index (χ1v) is 8.10. The van der Waals surface area contributed by atoms with Crippen LogP contribution >= 0.6 is 11.8 Å². The lowest BCUT2D eigenvalue weighted by atomic mass is 9.89. The van der Waals surface area contributed by atoms with Crippen LogP contribution in [0, 0.1) is 5.41 Å². The van der Waals surface area contributed by atoms with Crippen molar-refractivity contribution in [1.29, 1.82) is 0 Å². The van der Waals surface area contributed by atoms with Gasteiger partial charge in [-0.1, -0.05) is 30.7 Å². The van der Waals surface area contributed by atoms with Gasteiger partial charge in [-0.25, -0.2) is 0 Å². The zero-order chi connectivity index (χ0) is 13.1. The molecule has 1 spiro atoms. The maximum Gasteiger partial charge on any atom is 0.157 e. The molecule has 2 heterocycles. The molecule has 1 saturated carbocycles. The molecular formula is C15H21N3S. The number of nitrogens with zero attached hydrogens (tertiary/aromatic N) is 2. The van der Waals surface area contributed by atoms with Crippen LogP contribution in [0.15, 0.2) is 29.5 Å². The molecule has 1 aromatic heterocycles. The molecule has 1 atom stereocenters. The average Bonchev–Trinajstić information content (AvgIpc) is 2.91. The van der Waals surface area contributed by atoms with E-state index in [0.717, 1.165) is 11.7 Å². The first-order valence-electron chi connectivity index (χ1n) is 7.11. The van der Waals surface area contributed by atoms with Gasteiger partial charge in [0.05, 0.1) is 6.04 Å². The van der Waals surface area contributed by atoms with Gasteiger partial charge in [-0.2, -0.15) is 0 Å². The third-order valence-corrected chi connectivity index (χ3v) is 5.54. The van der Waals surface area contributed by atoms with Crippen LogP contribution < -0.4 is 5.32 Å². The average molecular weight is 275 g/mol. The molecule has 3 nitrogen and oxygen atoms in total. The summed E-state index contributed by atoms with van der Waals surface area (Å²) >= 11 is 1.90. The minimum absolute atomic E-state index is 0.276. The summed E-state index contributed by atoms with van der Waals surface area (Å²) in [6.45, 7) is 3.18. The van der Waals surface area contributed by atoms with Crippen molar-refractivity contribution < 1.29 is 0 Å². The zero-order valence-electron chi connectivity index (χ0n) is 11.4. The summed E-state index contributed by atoms with van der Waals surface area (Å²) in [6.07, 6.45) is 9.26. The van der Waals surface area contributed by atoms with Gasteiger partial charge in [-0.15, -0.1) is 0 Å². The molecular weight excluding hydrogens is 254 g/mol. The summed E-state index contributed by atoms with van der Waals surface area (Å²) in [4.78, 5) is 8.95. The molecule has 2 aliphatic rings. The Morgan fingerprint density at radius 3 is 2.84 bits per heavy atom. The predicted octanol–water partition coefficient (Wildman–Crippen LogP) is 3.40. The maximum atomic E-state index is 4.78. The van der Waals surface area contributed by atoms with E-state index >= 15 is 0 Å². The second-order valence-corrected chi connectivity index (χ2v) is 6.73. The molecule has 0 bridgehead atoms. The number of rotatable bonds is 2. The molecule has 0 saturated heterocycles. The Morgan fingerprint density at radius 2 is 2.21 bits per heavy atom. The summed E-state index contributed by atoms with van der Waals surface area (Å²) < 4.78 is 0. The summed E-state index contributed by atoms with van der Waals surface area (Å²) in [5, 5.41) is 4.62. The Bertz CT molecular complexity index is 452. The van der Waals surface area contributed by atoms with Crippen LogP contribution in [0.5, 0.6) is 0 Å². The highest BCUT2D eigenvalue weighted by Gasteiger charge is 2.36. The van der Waals surface area contributed by atoms with Crippen molar-refractivity contribution in [3.63, 3.8) is 0 Å². The second kappa shape index (κ2) is 5.53. The third-order valence-electron chi connectivity index (χ3n) is 4.26. The van der Waals surface area contributed by atoms with E-state index in [1.54, 1.807) is 0 Å². The quantitative estimate of drug-likeness (QED) is 0.899. The monoisotopic (exact) mass is 275 g/mol. The molecule has 1 N–H and O–H groups in total. The minimum Gasteiger partial charge on any atom is -0.358 e. The van der Waals surface area contributed by atoms with Gasteiger partial charge in [0.15, 0.2) is 5.17 Å². The molecule has 0 radical (unpaired) electrons. The van der Waals surface area contributed by atoms with E-state index in [9.17, 15) is 0 Å². The predicted molar refractivity (Wildman–Crippen MR) is 81.4 cm³/mol. The molecule has 102 valence electrons. The van der Waals surface area contributed by atoms with Gasteiger partial charge in [0.2, 0.25) is 0 Å². The third kappa shape index (κ3) is 2.94. The number of aromatic nitrogens is 1. The summed E-state index contributed by atoms with van der Waals surface area (Å²) in [5.41, 5.74) is 1.74. The van der Waals surface area contributed by atoms with Crippen LogP contribution in [0.4, 0.5) is 0 Å². The summed E-state index contributed by atoms with van der Waals surface area (Å²) in [5.74, 6) is 1.23. The lowest BCUT2D eigenvalue weighted by Gasteiger charge is -2.31. The smallest absolute Gasteiger partial charge is 0.157 e. The van der Waals surface area contributed by atoms with Crippen molar-refractivity contribution in [3.05, 3.63) is 30.1 Å². The first-order chi connectivity index (χ1) is 9.27. The molecule has 1 fully saturated rings. The van der Waals surface area contributed by atoms with Crippen molar-refractivity contribution in [2.45, 2.75) is 38.6 Å². The number of hydrogen-bond acceptors (Lipinski definition) is 4. The normalized spacial score (nSPS) is 23.1. The minimum atomic E-state index is 0.276. The van der Waals surface area contributed by atoms with E-state index < -0.39 is 0 Å². The number of hydrogen-bond donors (Lipinski definition) is 1. The highest BCUT2D eigenvalue weighted by Crippen LogP contribution is 2.43. The fourth-order valence-corrected chi connectivity index (χ4v) is 4.21. The van der Waals surface area contributed by atoms with Crippen LogP contribution in [-0.2, 0) is 0 Å². The molecule has 4 heteroatoms. The largest absolute Gasteiger partial charge is 0.358 e. The molecule has 1 unspecified atom stereocenters. The van der Waals surface area contributed by atoms with Crippen molar-refractivity contribution in [1.82, 2.24) is 10.3 Å². The van der Waals surface area contributed by atoms with Gasteiger partial charge in [0.1, 0.15) is 0 Å². The molecule has 1 aliphatic carbocycles. The number of nitrogens with one attached hydrogen (secondary N) is 1. The van der Waals surface area contributed by atoms with Crippen molar-refractivity contribution >= 4 is 16.9 Å². The number of pyridine rings is 1. The van der Waals surface area contributed by atoms with Gasteiger partial charge >= 0.3 is 0 Å². The van der Waals surface area contributed by atoms with E-state index in [1.807, 2.05) is 30.2 Å². The fraction of sp³-hybridized carbons (Fsp3) is 0.600. The Morgan fingerprint density at radius 1 is 1.37 bits per heavy atom. The number of aliphatic imine (C=N–C) groups is 1. The lowest BCUT2D eigenvalue weighted by Crippen LogP contribution is -2.34. The summed E-state index contributed by atoms with van der Waals surface area (Å²) in [7, 11) is 0. The van der Waals surface area contributed by atoms with Crippen molar-refractivity contribution in [2.24, 2.45) is 10.4 Å². The van der Waals surface area contributed by atoms with Crippen LogP contribution in [0.1, 0.15) is 44.2 Å². The molecule has 3 rings (SSSR count). The standard InChI is InChI=1S/C15H21N3S/c1-12(13-5-4-8-16-9-13)18-14-17-10-15(11-19-14)6-2-3-7-15/h4-5,8-9,12H,2-3,6-7,10-11H2,1H3,(H,17,18). The molecule has 1 aromatic rings.